The van der Waals surface area contributed by atoms with E-state index < -0.39 is 21.2 Å². The van der Waals surface area contributed by atoms with Crippen molar-refractivity contribution in [3.05, 3.63) is 19.9 Å². The Bertz CT molecular complexity index is 473. The van der Waals surface area contributed by atoms with Gasteiger partial charge in [0.05, 0.1) is 0 Å². The van der Waals surface area contributed by atoms with Crippen molar-refractivity contribution in [2.45, 2.75) is 11.3 Å². The minimum atomic E-state index is -4.00. The van der Waals surface area contributed by atoms with Crippen LogP contribution >= 0.6 is 49.2 Å². The van der Waals surface area contributed by atoms with Crippen LogP contribution in [0.5, 0.6) is 0 Å². The van der Waals surface area contributed by atoms with E-state index in [-0.39, 0.29) is 13.1 Å². The first-order valence-electron chi connectivity index (χ1n) is 3.32. The SMILES string of the molecule is O=S(=O)(Cl)c1c(Br)cc(C(F)F)nc1I. The topological polar surface area (TPSA) is 47.0 Å². The van der Waals surface area contributed by atoms with E-state index in [0.717, 1.165) is 6.07 Å². The monoisotopic (exact) mass is 431 g/mol. The van der Waals surface area contributed by atoms with Crippen LogP contribution < -0.4 is 0 Å². The zero-order valence-electron chi connectivity index (χ0n) is 6.72. The average Bonchev–Trinajstić information content (AvgIpc) is 1.99. The van der Waals surface area contributed by atoms with E-state index in [1.807, 2.05) is 0 Å². The maximum absolute atomic E-state index is 12.3. The normalized spacial score (nSPS) is 12.1. The van der Waals surface area contributed by atoms with Crippen molar-refractivity contribution in [2.75, 3.05) is 0 Å². The fraction of sp³-hybridized carbons (Fsp3) is 0.167. The molecule has 3 nitrogen and oxygen atoms in total. The zero-order chi connectivity index (χ0) is 11.8. The molecule has 0 saturated carbocycles. The highest BCUT2D eigenvalue weighted by Gasteiger charge is 2.22. The second kappa shape index (κ2) is 4.76. The summed E-state index contributed by atoms with van der Waals surface area (Å²) in [5.41, 5.74) is -0.504. The molecule has 0 aliphatic rings. The lowest BCUT2D eigenvalue weighted by molar-refractivity contribution is 0.145. The number of rotatable bonds is 2. The van der Waals surface area contributed by atoms with Crippen LogP contribution in [0.3, 0.4) is 0 Å². The number of hydrogen-bond acceptors (Lipinski definition) is 3. The van der Waals surface area contributed by atoms with Crippen LogP contribution in [0.2, 0.25) is 0 Å². The van der Waals surface area contributed by atoms with E-state index in [1.54, 1.807) is 0 Å². The third-order valence-corrected chi connectivity index (χ3v) is 4.77. The van der Waals surface area contributed by atoms with Crippen LogP contribution in [0.4, 0.5) is 8.78 Å². The van der Waals surface area contributed by atoms with Crippen LogP contribution in [-0.4, -0.2) is 13.4 Å². The number of halogens is 5. The molecular weight excluding hydrogens is 430 g/mol. The van der Waals surface area contributed by atoms with Crippen LogP contribution in [0, 0.1) is 3.70 Å². The molecule has 0 saturated heterocycles. The summed E-state index contributed by atoms with van der Waals surface area (Å²) in [6.07, 6.45) is -2.76. The van der Waals surface area contributed by atoms with Gasteiger partial charge in [0.15, 0.2) is 0 Å². The van der Waals surface area contributed by atoms with E-state index >= 15 is 0 Å². The highest BCUT2D eigenvalue weighted by Crippen LogP contribution is 2.31. The largest absolute Gasteiger partial charge is 0.280 e. The summed E-state index contributed by atoms with van der Waals surface area (Å²) >= 11 is 4.39. The summed E-state index contributed by atoms with van der Waals surface area (Å²) in [6, 6.07) is 0.933. The Kier molecular flexibility index (Phi) is 4.29. The van der Waals surface area contributed by atoms with Gasteiger partial charge in [-0.2, -0.15) is 0 Å². The lowest BCUT2D eigenvalue weighted by atomic mass is 10.4. The van der Waals surface area contributed by atoms with Crippen molar-refractivity contribution in [1.82, 2.24) is 4.98 Å². The molecule has 84 valence electrons. The Hall–Kier alpha value is 0.460. The quantitative estimate of drug-likeness (QED) is 0.409. The van der Waals surface area contributed by atoms with Crippen LogP contribution in [0.25, 0.3) is 0 Å². The van der Waals surface area contributed by atoms with Gasteiger partial charge in [0.2, 0.25) is 0 Å². The van der Waals surface area contributed by atoms with Gasteiger partial charge in [-0.1, -0.05) is 0 Å². The summed E-state index contributed by atoms with van der Waals surface area (Å²) in [6.45, 7) is 0. The van der Waals surface area contributed by atoms with Gasteiger partial charge in [0.25, 0.3) is 15.5 Å². The minimum Gasteiger partial charge on any atom is -0.239 e. The molecule has 9 heteroatoms. The van der Waals surface area contributed by atoms with Crippen LogP contribution in [-0.2, 0) is 9.05 Å². The van der Waals surface area contributed by atoms with E-state index in [1.165, 1.54) is 22.6 Å². The third kappa shape index (κ3) is 3.21. The summed E-state index contributed by atoms with van der Waals surface area (Å²) in [4.78, 5) is 3.15. The number of hydrogen-bond donors (Lipinski definition) is 0. The first-order valence-corrected chi connectivity index (χ1v) is 7.50. The number of nitrogens with zero attached hydrogens (tertiary/aromatic N) is 1. The number of pyridine rings is 1. The lowest BCUT2D eigenvalue weighted by Gasteiger charge is -2.06. The lowest BCUT2D eigenvalue weighted by Crippen LogP contribution is -2.02. The molecule has 0 unspecified atom stereocenters. The smallest absolute Gasteiger partial charge is 0.239 e. The fourth-order valence-corrected chi connectivity index (χ4v) is 5.37. The highest BCUT2D eigenvalue weighted by atomic mass is 127. The van der Waals surface area contributed by atoms with E-state index in [0.29, 0.717) is 0 Å². The average molecular weight is 432 g/mol. The Morgan fingerprint density at radius 2 is 2.07 bits per heavy atom. The van der Waals surface area contributed by atoms with Gasteiger partial charge < -0.3 is 0 Å². The molecule has 0 radical (unpaired) electrons. The molecule has 0 amide bonds. The number of alkyl halides is 2. The van der Waals surface area contributed by atoms with Gasteiger partial charge in [-0.15, -0.1) is 0 Å². The highest BCUT2D eigenvalue weighted by molar-refractivity contribution is 14.1. The van der Waals surface area contributed by atoms with Gasteiger partial charge in [0.1, 0.15) is 14.3 Å². The molecule has 1 rings (SSSR count). The maximum atomic E-state index is 12.3. The molecular formula is C6H2BrClF2INO2S. The molecule has 0 spiro atoms. The Morgan fingerprint density at radius 1 is 1.53 bits per heavy atom. The first kappa shape index (κ1) is 13.5. The molecule has 1 aromatic heterocycles. The second-order valence-corrected chi connectivity index (χ2v) is 6.77. The molecule has 15 heavy (non-hydrogen) atoms. The van der Waals surface area contributed by atoms with E-state index in [4.69, 9.17) is 10.7 Å². The molecule has 0 aromatic carbocycles. The van der Waals surface area contributed by atoms with Crippen LogP contribution in [0.15, 0.2) is 15.4 Å². The summed E-state index contributed by atoms with van der Waals surface area (Å²) in [5.74, 6) is 0. The molecule has 1 heterocycles. The predicted molar refractivity (Wildman–Crippen MR) is 62.6 cm³/mol. The van der Waals surface area contributed by atoms with Crippen molar-refractivity contribution in [3.8, 4) is 0 Å². The molecule has 0 aliphatic heterocycles. The maximum Gasteiger partial charge on any atom is 0.280 e. The molecule has 0 fully saturated rings. The van der Waals surface area contributed by atoms with Gasteiger partial charge in [-0.3, -0.25) is 0 Å². The fourth-order valence-electron chi connectivity index (χ4n) is 0.819. The molecule has 0 aliphatic carbocycles. The predicted octanol–water partition coefficient (Wildman–Crippen LogP) is 3.31. The van der Waals surface area contributed by atoms with Crippen molar-refractivity contribution in [3.63, 3.8) is 0 Å². The molecule has 0 N–H and O–H groups in total. The van der Waals surface area contributed by atoms with Gasteiger partial charge in [-0.05, 0) is 44.6 Å². The Labute approximate surface area is 111 Å². The minimum absolute atomic E-state index is 0.0211. The summed E-state index contributed by atoms with van der Waals surface area (Å²) in [7, 11) is 1.11. The first-order chi connectivity index (χ1) is 6.73. The number of aromatic nitrogens is 1. The van der Waals surface area contributed by atoms with Crippen molar-refractivity contribution in [2.24, 2.45) is 0 Å². The third-order valence-electron chi connectivity index (χ3n) is 1.37. The van der Waals surface area contributed by atoms with Gasteiger partial charge >= 0.3 is 0 Å². The Morgan fingerprint density at radius 3 is 2.40 bits per heavy atom. The summed E-state index contributed by atoms with van der Waals surface area (Å²) in [5, 5.41) is 0. The van der Waals surface area contributed by atoms with Crippen molar-refractivity contribution in [1.29, 1.82) is 0 Å². The van der Waals surface area contributed by atoms with Gasteiger partial charge in [0, 0.05) is 15.2 Å². The van der Waals surface area contributed by atoms with Crippen molar-refractivity contribution < 1.29 is 17.2 Å². The summed E-state index contributed by atoms with van der Waals surface area (Å²) < 4.78 is 46.6. The van der Waals surface area contributed by atoms with Crippen LogP contribution in [0.1, 0.15) is 12.1 Å². The van der Waals surface area contributed by atoms with E-state index in [2.05, 4.69) is 20.9 Å². The van der Waals surface area contributed by atoms with E-state index in [9.17, 15) is 17.2 Å². The molecule has 0 atom stereocenters. The molecule has 1 aromatic rings. The standard InChI is InChI=1S/C6H2BrClF2INO2S/c7-2-1-3(5(9)10)12-6(11)4(2)15(8,13)14/h1,5H. The van der Waals surface area contributed by atoms with Crippen molar-refractivity contribution >= 4 is 58.3 Å². The Balaban J connectivity index is 3.48. The second-order valence-electron chi connectivity index (χ2n) is 2.39. The molecule has 0 bridgehead atoms. The zero-order valence-corrected chi connectivity index (χ0v) is 12.0. The van der Waals surface area contributed by atoms with Gasteiger partial charge in [-0.25, -0.2) is 22.2 Å².